The van der Waals surface area contributed by atoms with Crippen LogP contribution in [-0.4, -0.2) is 27.6 Å². The lowest BCUT2D eigenvalue weighted by Crippen LogP contribution is -2.26. The van der Waals surface area contributed by atoms with E-state index in [9.17, 15) is 4.79 Å². The third kappa shape index (κ3) is 2.94. The van der Waals surface area contributed by atoms with E-state index in [1.54, 1.807) is 13.0 Å². The molecule has 0 spiro atoms. The molecular weight excluding hydrogens is 268 g/mol. The van der Waals surface area contributed by atoms with E-state index in [2.05, 4.69) is 20.4 Å². The molecule has 1 aliphatic carbocycles. The van der Waals surface area contributed by atoms with Crippen LogP contribution in [0.5, 0.6) is 0 Å². The highest BCUT2D eigenvalue weighted by Gasteiger charge is 2.17. The average molecular weight is 286 g/mol. The normalized spacial score (nSPS) is 13.2. The average Bonchev–Trinajstić information content (AvgIpc) is 3.07. The van der Waals surface area contributed by atoms with Gasteiger partial charge in [0.2, 0.25) is 0 Å². The molecule has 2 aromatic heterocycles. The Balaban J connectivity index is 1.58. The molecule has 0 atom stereocenters. The molecule has 1 N–H and O–H groups in total. The maximum Gasteiger partial charge on any atom is 0.273 e. The van der Waals surface area contributed by atoms with Crippen LogP contribution < -0.4 is 5.32 Å². The molecule has 1 amide bonds. The van der Waals surface area contributed by atoms with Crippen LogP contribution in [-0.2, 0) is 19.3 Å². The summed E-state index contributed by atoms with van der Waals surface area (Å²) in [5, 5.41) is 6.49. The van der Waals surface area contributed by atoms with Crippen molar-refractivity contribution in [2.75, 3.05) is 6.54 Å². The van der Waals surface area contributed by atoms with Crippen LogP contribution in [0.2, 0.25) is 0 Å². The van der Waals surface area contributed by atoms with Gasteiger partial charge in [-0.2, -0.15) is 0 Å². The zero-order valence-corrected chi connectivity index (χ0v) is 12.3. The lowest BCUT2D eigenvalue weighted by atomic mass is 10.2. The zero-order valence-electron chi connectivity index (χ0n) is 12.3. The van der Waals surface area contributed by atoms with E-state index in [-0.39, 0.29) is 5.91 Å². The van der Waals surface area contributed by atoms with E-state index in [1.807, 2.05) is 6.92 Å². The molecule has 0 radical (unpaired) electrons. The number of aryl methyl sites for hydroxylation is 3. The summed E-state index contributed by atoms with van der Waals surface area (Å²) in [5.74, 6) is 1.19. The van der Waals surface area contributed by atoms with Crippen LogP contribution in [0.1, 0.15) is 45.4 Å². The van der Waals surface area contributed by atoms with Gasteiger partial charge in [-0.1, -0.05) is 5.16 Å². The number of fused-ring (bicyclic) bond motifs is 1. The minimum absolute atomic E-state index is 0.232. The van der Waals surface area contributed by atoms with E-state index in [0.717, 1.165) is 30.8 Å². The summed E-state index contributed by atoms with van der Waals surface area (Å²) in [5.41, 5.74) is 3.86. The Morgan fingerprint density at radius 1 is 1.33 bits per heavy atom. The van der Waals surface area contributed by atoms with Crippen molar-refractivity contribution in [1.82, 2.24) is 20.4 Å². The van der Waals surface area contributed by atoms with Crippen molar-refractivity contribution in [3.63, 3.8) is 0 Å². The first-order valence-corrected chi connectivity index (χ1v) is 7.20. The second-order valence-corrected chi connectivity index (χ2v) is 5.33. The largest absolute Gasteiger partial charge is 0.361 e. The number of rotatable bonds is 4. The number of aromatic nitrogens is 3. The highest BCUT2D eigenvalue weighted by Crippen LogP contribution is 2.22. The summed E-state index contributed by atoms with van der Waals surface area (Å²) in [6, 6.07) is 1.62. The molecule has 0 bridgehead atoms. The minimum Gasteiger partial charge on any atom is -0.361 e. The maximum absolute atomic E-state index is 11.8. The lowest BCUT2D eigenvalue weighted by Gasteiger charge is -2.07. The number of amides is 1. The van der Waals surface area contributed by atoms with Crippen molar-refractivity contribution < 1.29 is 9.32 Å². The quantitative estimate of drug-likeness (QED) is 0.922. The molecule has 0 saturated heterocycles. The first-order chi connectivity index (χ1) is 10.1. The Bertz CT molecular complexity index is 678. The van der Waals surface area contributed by atoms with Gasteiger partial charge in [0.25, 0.3) is 5.91 Å². The molecule has 21 heavy (non-hydrogen) atoms. The summed E-state index contributed by atoms with van der Waals surface area (Å²) >= 11 is 0. The van der Waals surface area contributed by atoms with Crippen molar-refractivity contribution >= 4 is 5.91 Å². The van der Waals surface area contributed by atoms with E-state index in [1.165, 1.54) is 11.3 Å². The number of nitrogens with one attached hydrogen (secondary N) is 1. The SMILES string of the molecule is Cc1cc(C(=O)NCCc2nc(C)c3c(n2)CCC3)no1. The minimum atomic E-state index is -0.232. The predicted octanol–water partition coefficient (Wildman–Crippen LogP) is 1.54. The van der Waals surface area contributed by atoms with Crippen molar-refractivity contribution in [3.8, 4) is 0 Å². The van der Waals surface area contributed by atoms with E-state index in [0.29, 0.717) is 24.4 Å². The molecule has 0 fully saturated rings. The van der Waals surface area contributed by atoms with Crippen molar-refractivity contribution in [2.45, 2.75) is 39.5 Å². The van der Waals surface area contributed by atoms with E-state index in [4.69, 9.17) is 4.52 Å². The fourth-order valence-electron chi connectivity index (χ4n) is 2.65. The zero-order chi connectivity index (χ0) is 14.8. The number of carbonyl (C=O) groups excluding carboxylic acids is 1. The summed E-state index contributed by atoms with van der Waals surface area (Å²) in [6.45, 7) is 4.28. The highest BCUT2D eigenvalue weighted by atomic mass is 16.5. The molecule has 3 rings (SSSR count). The summed E-state index contributed by atoms with van der Waals surface area (Å²) in [4.78, 5) is 20.9. The Morgan fingerprint density at radius 3 is 2.95 bits per heavy atom. The van der Waals surface area contributed by atoms with Gasteiger partial charge in [-0.05, 0) is 38.7 Å². The Morgan fingerprint density at radius 2 is 2.19 bits per heavy atom. The Kier molecular flexibility index (Phi) is 3.68. The second kappa shape index (κ2) is 5.63. The summed E-state index contributed by atoms with van der Waals surface area (Å²) in [7, 11) is 0. The van der Waals surface area contributed by atoms with Crippen molar-refractivity contribution in [3.05, 3.63) is 40.3 Å². The van der Waals surface area contributed by atoms with Crippen LogP contribution in [0.15, 0.2) is 10.6 Å². The molecule has 2 heterocycles. The molecule has 0 saturated carbocycles. The van der Waals surface area contributed by atoms with Gasteiger partial charge in [-0.25, -0.2) is 9.97 Å². The van der Waals surface area contributed by atoms with Crippen molar-refractivity contribution in [2.24, 2.45) is 0 Å². The second-order valence-electron chi connectivity index (χ2n) is 5.33. The number of nitrogens with zero attached hydrogens (tertiary/aromatic N) is 3. The van der Waals surface area contributed by atoms with Gasteiger partial charge in [0.15, 0.2) is 5.69 Å². The van der Waals surface area contributed by atoms with Gasteiger partial charge < -0.3 is 9.84 Å². The summed E-state index contributed by atoms with van der Waals surface area (Å²) < 4.78 is 4.88. The number of hydrogen-bond acceptors (Lipinski definition) is 5. The standard InChI is InChI=1S/C15H18N4O2/c1-9-8-13(19-21-9)15(20)16-7-6-14-17-10(2)11-4-3-5-12(11)18-14/h8H,3-7H2,1-2H3,(H,16,20). The van der Waals surface area contributed by atoms with Crippen LogP contribution >= 0.6 is 0 Å². The van der Waals surface area contributed by atoms with Crippen LogP contribution in [0.4, 0.5) is 0 Å². The van der Waals surface area contributed by atoms with Crippen molar-refractivity contribution in [1.29, 1.82) is 0 Å². The molecule has 0 unspecified atom stereocenters. The predicted molar refractivity (Wildman–Crippen MR) is 76.1 cm³/mol. The molecule has 110 valence electrons. The van der Waals surface area contributed by atoms with Crippen LogP contribution in [0, 0.1) is 13.8 Å². The fraction of sp³-hybridized carbons (Fsp3) is 0.467. The van der Waals surface area contributed by atoms with Gasteiger partial charge in [-0.15, -0.1) is 0 Å². The van der Waals surface area contributed by atoms with Crippen LogP contribution in [0.3, 0.4) is 0 Å². The van der Waals surface area contributed by atoms with Gasteiger partial charge in [0.05, 0.1) is 0 Å². The smallest absolute Gasteiger partial charge is 0.273 e. The molecule has 0 aromatic carbocycles. The van der Waals surface area contributed by atoms with E-state index < -0.39 is 0 Å². The molecular formula is C15H18N4O2. The first kappa shape index (κ1) is 13.7. The molecule has 2 aromatic rings. The maximum atomic E-state index is 11.8. The Labute approximate surface area is 123 Å². The third-order valence-corrected chi connectivity index (χ3v) is 3.68. The van der Waals surface area contributed by atoms with Gasteiger partial charge in [-0.3, -0.25) is 4.79 Å². The van der Waals surface area contributed by atoms with Gasteiger partial charge in [0, 0.05) is 30.4 Å². The van der Waals surface area contributed by atoms with E-state index >= 15 is 0 Å². The summed E-state index contributed by atoms with van der Waals surface area (Å²) in [6.07, 6.45) is 3.91. The number of carbonyl (C=O) groups is 1. The molecule has 6 heteroatoms. The number of hydrogen-bond donors (Lipinski definition) is 1. The fourth-order valence-corrected chi connectivity index (χ4v) is 2.65. The molecule has 6 nitrogen and oxygen atoms in total. The van der Waals surface area contributed by atoms with Gasteiger partial charge >= 0.3 is 0 Å². The lowest BCUT2D eigenvalue weighted by molar-refractivity contribution is 0.0945. The molecule has 1 aliphatic rings. The first-order valence-electron chi connectivity index (χ1n) is 7.20. The highest BCUT2D eigenvalue weighted by molar-refractivity contribution is 5.92. The monoisotopic (exact) mass is 286 g/mol. The van der Waals surface area contributed by atoms with Gasteiger partial charge in [0.1, 0.15) is 11.6 Å². The Hall–Kier alpha value is -2.24. The topological polar surface area (TPSA) is 80.9 Å². The van der Waals surface area contributed by atoms with Crippen LogP contribution in [0.25, 0.3) is 0 Å². The molecule has 0 aliphatic heterocycles. The third-order valence-electron chi connectivity index (χ3n) is 3.68.